The average molecular weight is 348 g/mol. The van der Waals surface area contributed by atoms with E-state index in [4.69, 9.17) is 4.42 Å². The van der Waals surface area contributed by atoms with Gasteiger partial charge in [0.15, 0.2) is 0 Å². The van der Waals surface area contributed by atoms with Crippen molar-refractivity contribution in [1.29, 1.82) is 0 Å². The van der Waals surface area contributed by atoms with Crippen LogP contribution in [0.4, 0.5) is 5.69 Å². The van der Waals surface area contributed by atoms with Gasteiger partial charge in [0.1, 0.15) is 6.26 Å². The van der Waals surface area contributed by atoms with Gasteiger partial charge in [0.2, 0.25) is 5.89 Å². The van der Waals surface area contributed by atoms with Crippen molar-refractivity contribution in [2.75, 3.05) is 31.1 Å². The van der Waals surface area contributed by atoms with Gasteiger partial charge in [-0.15, -0.1) is 0 Å². The van der Waals surface area contributed by atoms with Crippen LogP contribution in [0.3, 0.4) is 0 Å². The van der Waals surface area contributed by atoms with Crippen molar-refractivity contribution in [3.63, 3.8) is 0 Å². The third-order valence-corrected chi connectivity index (χ3v) is 4.79. The van der Waals surface area contributed by atoms with Crippen LogP contribution in [-0.4, -0.2) is 41.0 Å². The van der Waals surface area contributed by atoms with Gasteiger partial charge in [-0.05, 0) is 37.6 Å². The van der Waals surface area contributed by atoms with Crippen LogP contribution in [0, 0.1) is 6.92 Å². The first kappa shape index (κ1) is 16.8. The lowest BCUT2D eigenvalue weighted by Gasteiger charge is -2.23. The second-order valence-corrected chi connectivity index (χ2v) is 6.78. The zero-order valence-electron chi connectivity index (χ0n) is 15.1. The molecule has 5 heteroatoms. The number of oxazole rings is 1. The zero-order valence-corrected chi connectivity index (χ0v) is 15.1. The molecule has 0 unspecified atom stereocenters. The molecule has 1 aliphatic heterocycles. The molecule has 3 aromatic rings. The van der Waals surface area contributed by atoms with E-state index in [1.165, 1.54) is 5.69 Å². The molecule has 26 heavy (non-hydrogen) atoms. The average Bonchev–Trinajstić information content (AvgIpc) is 3.00. The van der Waals surface area contributed by atoms with Gasteiger partial charge in [-0.1, -0.05) is 18.2 Å². The van der Waals surface area contributed by atoms with Crippen LogP contribution in [-0.2, 0) is 6.54 Å². The molecule has 5 nitrogen and oxygen atoms in total. The van der Waals surface area contributed by atoms with Crippen LogP contribution in [0.5, 0.6) is 0 Å². The highest BCUT2D eigenvalue weighted by Crippen LogP contribution is 2.20. The summed E-state index contributed by atoms with van der Waals surface area (Å²) >= 11 is 0. The maximum atomic E-state index is 5.67. The van der Waals surface area contributed by atoms with Gasteiger partial charge >= 0.3 is 0 Å². The Hall–Kier alpha value is -2.66. The fourth-order valence-corrected chi connectivity index (χ4v) is 3.44. The second-order valence-electron chi connectivity index (χ2n) is 6.78. The lowest BCUT2D eigenvalue weighted by molar-refractivity contribution is 0.282. The number of anilines is 1. The number of aromatic nitrogens is 2. The zero-order chi connectivity index (χ0) is 17.8. The summed E-state index contributed by atoms with van der Waals surface area (Å²) in [5.74, 6) is 0.698. The first-order valence-corrected chi connectivity index (χ1v) is 9.18. The highest BCUT2D eigenvalue weighted by atomic mass is 16.3. The smallest absolute Gasteiger partial charge is 0.226 e. The van der Waals surface area contributed by atoms with Crippen LogP contribution in [0.1, 0.15) is 17.8 Å². The van der Waals surface area contributed by atoms with E-state index in [2.05, 4.69) is 31.9 Å². The molecule has 1 aromatic carbocycles. The highest BCUT2D eigenvalue weighted by Gasteiger charge is 2.17. The fraction of sp³-hybridized carbons (Fsp3) is 0.333. The molecule has 134 valence electrons. The summed E-state index contributed by atoms with van der Waals surface area (Å²) in [6.07, 6.45) is 4.83. The molecule has 0 saturated carbocycles. The Morgan fingerprint density at radius 1 is 1.04 bits per heavy atom. The number of aryl methyl sites for hydroxylation is 1. The molecule has 1 aliphatic rings. The van der Waals surface area contributed by atoms with Crippen LogP contribution < -0.4 is 4.90 Å². The minimum absolute atomic E-state index is 0.698. The molecule has 0 amide bonds. The number of benzene rings is 1. The van der Waals surface area contributed by atoms with E-state index in [1.54, 1.807) is 6.26 Å². The van der Waals surface area contributed by atoms with Crippen LogP contribution >= 0.6 is 0 Å². The molecule has 0 spiro atoms. The molecule has 0 bridgehead atoms. The molecule has 1 fully saturated rings. The Morgan fingerprint density at radius 3 is 2.77 bits per heavy atom. The highest BCUT2D eigenvalue weighted by molar-refractivity contribution is 5.52. The van der Waals surface area contributed by atoms with Crippen molar-refractivity contribution in [3.8, 4) is 11.5 Å². The topological polar surface area (TPSA) is 45.4 Å². The van der Waals surface area contributed by atoms with Gasteiger partial charge in [0.25, 0.3) is 0 Å². The fourth-order valence-electron chi connectivity index (χ4n) is 3.44. The third-order valence-electron chi connectivity index (χ3n) is 4.79. The first-order chi connectivity index (χ1) is 12.8. The van der Waals surface area contributed by atoms with E-state index in [9.17, 15) is 0 Å². The Morgan fingerprint density at radius 2 is 1.92 bits per heavy atom. The summed E-state index contributed by atoms with van der Waals surface area (Å²) in [4.78, 5) is 13.9. The molecule has 4 rings (SSSR count). The second kappa shape index (κ2) is 7.70. The third kappa shape index (κ3) is 3.94. The van der Waals surface area contributed by atoms with Crippen molar-refractivity contribution in [1.82, 2.24) is 14.9 Å². The molecule has 0 N–H and O–H groups in total. The van der Waals surface area contributed by atoms with Crippen molar-refractivity contribution in [2.45, 2.75) is 19.9 Å². The Bertz CT molecular complexity index is 846. The molecule has 0 radical (unpaired) electrons. The molecule has 0 atom stereocenters. The van der Waals surface area contributed by atoms with Crippen molar-refractivity contribution >= 4 is 5.69 Å². The summed E-state index contributed by atoms with van der Waals surface area (Å²) in [5.41, 5.74) is 4.36. The van der Waals surface area contributed by atoms with Gasteiger partial charge in [0.05, 0.1) is 5.69 Å². The number of pyridine rings is 1. The molecule has 0 aliphatic carbocycles. The molecule has 1 saturated heterocycles. The van der Waals surface area contributed by atoms with E-state index < -0.39 is 0 Å². The maximum Gasteiger partial charge on any atom is 0.226 e. The monoisotopic (exact) mass is 348 g/mol. The number of hydrogen-bond donors (Lipinski definition) is 0. The first-order valence-electron chi connectivity index (χ1n) is 9.18. The quantitative estimate of drug-likeness (QED) is 0.718. The molecular formula is C21H24N4O. The largest absolute Gasteiger partial charge is 0.444 e. The van der Waals surface area contributed by atoms with Gasteiger partial charge in [-0.25, -0.2) is 4.98 Å². The number of hydrogen-bond acceptors (Lipinski definition) is 5. The van der Waals surface area contributed by atoms with Crippen LogP contribution in [0.15, 0.2) is 59.3 Å². The molecular weight excluding hydrogens is 324 g/mol. The summed E-state index contributed by atoms with van der Waals surface area (Å²) < 4.78 is 5.67. The predicted octanol–water partition coefficient (Wildman–Crippen LogP) is 3.76. The van der Waals surface area contributed by atoms with E-state index in [1.807, 2.05) is 43.5 Å². The minimum Gasteiger partial charge on any atom is -0.444 e. The van der Waals surface area contributed by atoms with E-state index in [-0.39, 0.29) is 0 Å². The maximum absolute atomic E-state index is 5.67. The van der Waals surface area contributed by atoms with Crippen molar-refractivity contribution in [3.05, 3.63) is 66.3 Å². The minimum atomic E-state index is 0.698. The summed E-state index contributed by atoms with van der Waals surface area (Å²) in [6, 6.07) is 14.3. The summed E-state index contributed by atoms with van der Waals surface area (Å²) in [5, 5.41) is 0. The van der Waals surface area contributed by atoms with Gasteiger partial charge < -0.3 is 9.32 Å². The Kier molecular flexibility index (Phi) is 4.97. The van der Waals surface area contributed by atoms with Crippen LogP contribution in [0.2, 0.25) is 0 Å². The Labute approximate surface area is 154 Å². The van der Waals surface area contributed by atoms with Crippen molar-refractivity contribution in [2.24, 2.45) is 0 Å². The van der Waals surface area contributed by atoms with E-state index >= 15 is 0 Å². The number of rotatable bonds is 4. The van der Waals surface area contributed by atoms with Gasteiger partial charge in [0, 0.05) is 55.9 Å². The van der Waals surface area contributed by atoms with E-state index in [0.29, 0.717) is 5.89 Å². The SMILES string of the molecule is Cc1cc(N2CCCN(Cc3coc(-c4ccccc4)n3)CC2)ccn1. The number of nitrogens with zero attached hydrogens (tertiary/aromatic N) is 4. The Balaban J connectivity index is 1.38. The van der Waals surface area contributed by atoms with Gasteiger partial charge in [-0.2, -0.15) is 0 Å². The van der Waals surface area contributed by atoms with E-state index in [0.717, 1.165) is 56.1 Å². The lowest BCUT2D eigenvalue weighted by atomic mass is 10.2. The van der Waals surface area contributed by atoms with Gasteiger partial charge in [-0.3, -0.25) is 9.88 Å². The predicted molar refractivity (Wildman–Crippen MR) is 103 cm³/mol. The summed E-state index contributed by atoms with van der Waals surface area (Å²) in [6.45, 7) is 7.08. The normalized spacial score (nSPS) is 15.8. The lowest BCUT2D eigenvalue weighted by Crippen LogP contribution is -2.30. The van der Waals surface area contributed by atoms with Crippen LogP contribution in [0.25, 0.3) is 11.5 Å². The standard InChI is InChI=1S/C21H24N4O/c1-17-14-20(8-9-22-17)25-11-5-10-24(12-13-25)15-19-16-26-21(23-19)18-6-3-2-4-7-18/h2-4,6-9,14,16H,5,10-13,15H2,1H3. The van der Waals surface area contributed by atoms with Crippen molar-refractivity contribution < 1.29 is 4.42 Å². The molecule has 3 heterocycles. The summed E-state index contributed by atoms with van der Waals surface area (Å²) in [7, 11) is 0. The molecule has 2 aromatic heterocycles.